The maximum atomic E-state index is 12.6. The molecule has 7 heteroatoms. The maximum absolute atomic E-state index is 12.6. The first-order valence-electron chi connectivity index (χ1n) is 15.1. The second kappa shape index (κ2) is 11.5. The highest BCUT2D eigenvalue weighted by molar-refractivity contribution is 5.83. The highest BCUT2D eigenvalue weighted by Gasteiger charge is 2.62. The lowest BCUT2D eigenvalue weighted by atomic mass is 9.43. The average Bonchev–Trinajstić information content (AvgIpc) is 3.20. The van der Waals surface area contributed by atoms with Crippen LogP contribution in [0.4, 0.5) is 0 Å². The van der Waals surface area contributed by atoms with Gasteiger partial charge < -0.3 is 26.4 Å². The fourth-order valence-electron chi connectivity index (χ4n) is 9.75. The molecular formula is C30H52N2O5. The van der Waals surface area contributed by atoms with Crippen molar-refractivity contribution >= 4 is 11.9 Å². The van der Waals surface area contributed by atoms with E-state index in [4.69, 9.17) is 5.73 Å². The van der Waals surface area contributed by atoms with Gasteiger partial charge in [-0.05, 0) is 130 Å². The van der Waals surface area contributed by atoms with Crippen LogP contribution in [0.2, 0.25) is 0 Å². The van der Waals surface area contributed by atoms with Crippen LogP contribution < -0.4 is 11.1 Å². The van der Waals surface area contributed by atoms with Gasteiger partial charge in [-0.15, -0.1) is 0 Å². The molecule has 212 valence electrons. The molecule has 6 N–H and O–H groups in total. The molecule has 0 aromatic carbocycles. The SMILES string of the molecule is C[C@H](CCC(=O)NC(CCCCN)C(=O)O)[C@H]1CC[C@H]2[C@@H]3[C@@H](O)C[C@@H]4C[C@H](O)CC[C@]4(C)[C@H]3CC[C@]12C. The van der Waals surface area contributed by atoms with E-state index in [1.54, 1.807) is 0 Å². The van der Waals surface area contributed by atoms with Gasteiger partial charge in [0.1, 0.15) is 6.04 Å². The number of unbranched alkanes of at least 4 members (excludes halogenated alkanes) is 1. The molecule has 0 heterocycles. The van der Waals surface area contributed by atoms with Crippen molar-refractivity contribution in [1.29, 1.82) is 0 Å². The smallest absolute Gasteiger partial charge is 0.326 e. The van der Waals surface area contributed by atoms with Crippen molar-refractivity contribution in [2.24, 2.45) is 52.1 Å². The minimum Gasteiger partial charge on any atom is -0.480 e. The Morgan fingerprint density at radius 1 is 0.973 bits per heavy atom. The zero-order chi connectivity index (χ0) is 27.0. The lowest BCUT2D eigenvalue weighted by Crippen LogP contribution is -2.58. The number of carboxylic acid groups (broad SMARTS) is 1. The second-order valence-electron chi connectivity index (χ2n) is 13.7. The molecule has 0 aromatic rings. The Bertz CT molecular complexity index is 822. The van der Waals surface area contributed by atoms with Crippen molar-refractivity contribution in [2.45, 2.75) is 122 Å². The van der Waals surface area contributed by atoms with Crippen LogP contribution in [0.3, 0.4) is 0 Å². The summed E-state index contributed by atoms with van der Waals surface area (Å²) in [6, 6.07) is -0.836. The van der Waals surface area contributed by atoms with Gasteiger partial charge in [-0.3, -0.25) is 4.79 Å². The predicted molar refractivity (Wildman–Crippen MR) is 143 cm³/mol. The quantitative estimate of drug-likeness (QED) is 0.276. The van der Waals surface area contributed by atoms with Crippen molar-refractivity contribution in [2.75, 3.05) is 6.54 Å². The van der Waals surface area contributed by atoms with Crippen LogP contribution in [0.25, 0.3) is 0 Å². The van der Waals surface area contributed by atoms with E-state index in [-0.39, 0.29) is 28.9 Å². The third-order valence-corrected chi connectivity index (χ3v) is 11.8. The zero-order valence-corrected chi connectivity index (χ0v) is 23.3. The standard InChI is InChI=1S/C30H52N2O5/c1-18(7-10-26(35)32-24(28(36)37)6-4-5-15-31)21-8-9-22-27-23(12-14-30(21,22)3)29(2)13-11-20(33)16-19(29)17-25(27)34/h18-25,27,33-34H,4-17,31H2,1-3H3,(H,32,35)(H,36,37)/t18-,19+,20-,21-,22+,23+,24?,25+,27+,29+,30-/m1/s1. The number of fused-ring (bicyclic) bond motifs is 5. The summed E-state index contributed by atoms with van der Waals surface area (Å²) in [5, 5.41) is 33.9. The van der Waals surface area contributed by atoms with Crippen LogP contribution in [-0.2, 0) is 9.59 Å². The number of rotatable bonds is 10. The van der Waals surface area contributed by atoms with Gasteiger partial charge in [0.15, 0.2) is 0 Å². The number of nitrogens with two attached hydrogens (primary N) is 1. The Labute approximate surface area is 223 Å². The van der Waals surface area contributed by atoms with E-state index >= 15 is 0 Å². The van der Waals surface area contributed by atoms with Gasteiger partial charge in [0.2, 0.25) is 5.91 Å². The number of carbonyl (C=O) groups excluding carboxylic acids is 1. The highest BCUT2D eigenvalue weighted by Crippen LogP contribution is 2.68. The van der Waals surface area contributed by atoms with Crippen LogP contribution in [-0.4, -0.2) is 52.0 Å². The number of aliphatic hydroxyl groups excluding tert-OH is 2. The van der Waals surface area contributed by atoms with E-state index in [1.807, 2.05) is 0 Å². The number of hydrogen-bond donors (Lipinski definition) is 5. The number of carboxylic acids is 1. The summed E-state index contributed by atoms with van der Waals surface area (Å²) in [6.07, 6.45) is 10.8. The molecule has 0 saturated heterocycles. The van der Waals surface area contributed by atoms with Gasteiger partial charge >= 0.3 is 5.97 Å². The Kier molecular flexibility index (Phi) is 8.97. The largest absolute Gasteiger partial charge is 0.480 e. The van der Waals surface area contributed by atoms with Crippen molar-refractivity contribution < 1.29 is 24.9 Å². The fourth-order valence-corrected chi connectivity index (χ4v) is 9.75. The first kappa shape index (κ1) is 28.8. The minimum absolute atomic E-state index is 0.170. The molecule has 4 aliphatic carbocycles. The summed E-state index contributed by atoms with van der Waals surface area (Å²) in [7, 11) is 0. The molecule has 1 amide bonds. The molecule has 4 saturated carbocycles. The van der Waals surface area contributed by atoms with Crippen molar-refractivity contribution in [3.63, 3.8) is 0 Å². The van der Waals surface area contributed by atoms with E-state index < -0.39 is 12.0 Å². The zero-order valence-electron chi connectivity index (χ0n) is 23.3. The van der Waals surface area contributed by atoms with E-state index in [0.717, 1.165) is 57.8 Å². The molecule has 0 spiro atoms. The molecule has 0 radical (unpaired) electrons. The maximum Gasteiger partial charge on any atom is 0.326 e. The van der Waals surface area contributed by atoms with Crippen LogP contribution in [0.5, 0.6) is 0 Å². The van der Waals surface area contributed by atoms with E-state index in [9.17, 15) is 24.9 Å². The lowest BCUT2D eigenvalue weighted by Gasteiger charge is -2.62. The fraction of sp³-hybridized carbons (Fsp3) is 0.933. The molecule has 0 aliphatic heterocycles. The highest BCUT2D eigenvalue weighted by atomic mass is 16.4. The van der Waals surface area contributed by atoms with Crippen LogP contribution in [0, 0.1) is 46.3 Å². The Balaban J connectivity index is 1.37. The molecule has 11 atom stereocenters. The summed E-state index contributed by atoms with van der Waals surface area (Å²) in [4.78, 5) is 24.2. The van der Waals surface area contributed by atoms with E-state index in [0.29, 0.717) is 61.3 Å². The minimum atomic E-state index is -0.976. The van der Waals surface area contributed by atoms with Gasteiger partial charge in [0, 0.05) is 6.42 Å². The molecule has 0 aromatic heterocycles. The van der Waals surface area contributed by atoms with Crippen molar-refractivity contribution in [3.8, 4) is 0 Å². The Hall–Kier alpha value is -1.18. The summed E-state index contributed by atoms with van der Waals surface area (Å²) in [5.41, 5.74) is 5.93. The van der Waals surface area contributed by atoms with Crippen molar-refractivity contribution in [3.05, 3.63) is 0 Å². The molecule has 4 fully saturated rings. The molecule has 4 rings (SSSR count). The monoisotopic (exact) mass is 520 g/mol. The number of carbonyl (C=O) groups is 2. The first-order valence-corrected chi connectivity index (χ1v) is 15.1. The summed E-state index contributed by atoms with van der Waals surface area (Å²) in [6.45, 7) is 7.70. The Morgan fingerprint density at radius 2 is 1.68 bits per heavy atom. The van der Waals surface area contributed by atoms with E-state index in [1.165, 1.54) is 6.42 Å². The first-order chi connectivity index (χ1) is 17.5. The third kappa shape index (κ3) is 5.60. The van der Waals surface area contributed by atoms with Gasteiger partial charge in [-0.25, -0.2) is 4.79 Å². The van der Waals surface area contributed by atoms with Gasteiger partial charge in [0.25, 0.3) is 0 Å². The topological polar surface area (TPSA) is 133 Å². The number of aliphatic carboxylic acids is 1. The van der Waals surface area contributed by atoms with Crippen LogP contribution in [0.15, 0.2) is 0 Å². The van der Waals surface area contributed by atoms with Crippen LogP contribution >= 0.6 is 0 Å². The molecule has 0 bridgehead atoms. The third-order valence-electron chi connectivity index (χ3n) is 11.8. The lowest BCUT2D eigenvalue weighted by molar-refractivity contribution is -0.174. The predicted octanol–water partition coefficient (Wildman–Crippen LogP) is 4.09. The second-order valence-corrected chi connectivity index (χ2v) is 13.7. The summed E-state index contributed by atoms with van der Waals surface area (Å²) in [5.74, 6) is 1.60. The molecular weight excluding hydrogens is 468 g/mol. The van der Waals surface area contributed by atoms with Crippen molar-refractivity contribution in [1.82, 2.24) is 5.32 Å². The van der Waals surface area contributed by atoms with Crippen LogP contribution in [0.1, 0.15) is 104 Å². The number of aliphatic hydroxyl groups is 2. The summed E-state index contributed by atoms with van der Waals surface area (Å²) >= 11 is 0. The molecule has 7 nitrogen and oxygen atoms in total. The normalized spacial score (nSPS) is 42.7. The number of hydrogen-bond acceptors (Lipinski definition) is 5. The Morgan fingerprint density at radius 3 is 2.38 bits per heavy atom. The number of nitrogens with one attached hydrogen (secondary N) is 1. The van der Waals surface area contributed by atoms with E-state index in [2.05, 4.69) is 26.1 Å². The molecule has 37 heavy (non-hydrogen) atoms. The van der Waals surface area contributed by atoms with Gasteiger partial charge in [-0.1, -0.05) is 20.8 Å². The molecule has 4 aliphatic rings. The summed E-state index contributed by atoms with van der Waals surface area (Å²) < 4.78 is 0. The van der Waals surface area contributed by atoms with Gasteiger partial charge in [0.05, 0.1) is 12.2 Å². The average molecular weight is 521 g/mol. The van der Waals surface area contributed by atoms with Gasteiger partial charge in [-0.2, -0.15) is 0 Å². The number of amides is 1. The molecule has 1 unspecified atom stereocenters.